The number of thiol groups is 1. The van der Waals surface area contributed by atoms with Crippen molar-refractivity contribution in [2.45, 2.75) is 6.92 Å². The molecule has 0 spiro atoms. The average Bonchev–Trinajstić information content (AvgIpc) is 3.22. The Bertz CT molecular complexity index is 1470. The number of halogens is 1. The summed E-state index contributed by atoms with van der Waals surface area (Å²) in [6.45, 7) is 1.80. The van der Waals surface area contributed by atoms with E-state index in [1.54, 1.807) is 61.7 Å². The van der Waals surface area contributed by atoms with Gasteiger partial charge in [-0.15, -0.1) is 21.4 Å². The molecule has 0 radical (unpaired) electrons. The van der Waals surface area contributed by atoms with E-state index < -0.39 is 27.9 Å². The Morgan fingerprint density at radius 1 is 1.09 bits per heavy atom. The Labute approximate surface area is 206 Å². The molecule has 2 aromatic carbocycles. The predicted molar refractivity (Wildman–Crippen MR) is 140 cm³/mol. The molecule has 0 atom stereocenters. The van der Waals surface area contributed by atoms with Gasteiger partial charge in [0.2, 0.25) is 0 Å². The number of aromatic nitrogens is 1. The summed E-state index contributed by atoms with van der Waals surface area (Å²) in [6, 6.07) is 13.8. The molecule has 0 aliphatic carbocycles. The lowest BCUT2D eigenvalue weighted by atomic mass is 10.2. The summed E-state index contributed by atoms with van der Waals surface area (Å²) in [5.74, 6) is -0.00177. The topological polar surface area (TPSA) is 113 Å². The minimum Gasteiger partial charge on any atom is -0.456 e. The maximum atomic E-state index is 13.9. The normalized spacial score (nSPS) is 11.7. The van der Waals surface area contributed by atoms with E-state index in [4.69, 9.17) is 4.74 Å². The number of pyridine rings is 1. The second-order valence-electron chi connectivity index (χ2n) is 8.06. The molecule has 4 rings (SSSR count). The fourth-order valence-electron chi connectivity index (χ4n) is 3.12. The molecule has 0 bridgehead atoms. The van der Waals surface area contributed by atoms with Gasteiger partial charge in [-0.1, -0.05) is 6.07 Å². The fourth-order valence-corrected chi connectivity index (χ4v) is 4.69. The molecule has 0 aliphatic heterocycles. The molecule has 8 nitrogen and oxygen atoms in total. The minimum atomic E-state index is -2.61. The van der Waals surface area contributed by atoms with E-state index in [1.807, 2.05) is 0 Å². The number of thiophene rings is 1. The molecule has 182 valence electrons. The van der Waals surface area contributed by atoms with Crippen molar-refractivity contribution in [3.05, 3.63) is 77.1 Å². The van der Waals surface area contributed by atoms with Crippen molar-refractivity contribution >= 4 is 55.0 Å². The highest BCUT2D eigenvalue weighted by molar-refractivity contribution is 7.98. The Hall–Kier alpha value is -3.67. The molecule has 11 heteroatoms. The number of anilines is 2. The van der Waals surface area contributed by atoms with Gasteiger partial charge in [-0.2, -0.15) is 4.36 Å². The van der Waals surface area contributed by atoms with Crippen LogP contribution in [0.3, 0.4) is 0 Å². The first-order valence-electron chi connectivity index (χ1n) is 10.4. The Morgan fingerprint density at radius 2 is 1.83 bits per heavy atom. The summed E-state index contributed by atoms with van der Waals surface area (Å²) in [5, 5.41) is 5.13. The predicted octanol–water partition coefficient (Wildman–Crippen LogP) is 6.12. The summed E-state index contributed by atoms with van der Waals surface area (Å²) in [7, 11) is -2.61. The minimum absolute atomic E-state index is 0.0928. The van der Waals surface area contributed by atoms with Gasteiger partial charge in [-0.05, 0) is 67.5 Å². The lowest BCUT2D eigenvalue weighted by Gasteiger charge is -2.10. The number of amides is 3. The van der Waals surface area contributed by atoms with Gasteiger partial charge >= 0.3 is 6.03 Å². The van der Waals surface area contributed by atoms with Crippen molar-refractivity contribution in [3.63, 3.8) is 0 Å². The fraction of sp³-hybridized carbons (Fsp3) is 0.125. The van der Waals surface area contributed by atoms with Gasteiger partial charge < -0.3 is 19.9 Å². The molecular weight excluding hydrogens is 491 g/mol. The van der Waals surface area contributed by atoms with Gasteiger partial charge in [0.05, 0.1) is 20.8 Å². The molecule has 2 heterocycles. The molecule has 0 saturated carbocycles. The van der Waals surface area contributed by atoms with E-state index in [2.05, 4.69) is 20.0 Å². The second-order valence-corrected chi connectivity index (χ2v) is 12.0. The zero-order chi connectivity index (χ0) is 25.2. The zero-order valence-electron chi connectivity index (χ0n) is 19.1. The van der Waals surface area contributed by atoms with Crippen molar-refractivity contribution in [2.75, 3.05) is 23.1 Å². The molecule has 4 aromatic rings. The molecule has 35 heavy (non-hydrogen) atoms. The number of fused-ring (bicyclic) bond motifs is 1. The van der Waals surface area contributed by atoms with E-state index in [0.29, 0.717) is 32.3 Å². The third-order valence-corrected chi connectivity index (χ3v) is 6.43. The van der Waals surface area contributed by atoms with E-state index >= 15 is 0 Å². The number of urea groups is 1. The summed E-state index contributed by atoms with van der Waals surface area (Å²) in [6.07, 6.45) is 4.64. The summed E-state index contributed by atoms with van der Waals surface area (Å²) in [4.78, 5) is 29.2. The van der Waals surface area contributed by atoms with E-state index in [1.165, 1.54) is 29.9 Å². The molecule has 2 aromatic heterocycles. The van der Waals surface area contributed by atoms with Gasteiger partial charge in [-0.25, -0.2) is 9.18 Å². The highest BCUT2D eigenvalue weighted by atomic mass is 32.3. The van der Waals surface area contributed by atoms with Gasteiger partial charge in [-0.3, -0.25) is 9.78 Å². The second kappa shape index (κ2) is 9.90. The summed E-state index contributed by atoms with van der Waals surface area (Å²) >= 11 is 1.19. The SMILES string of the molecule is Cc1ccc(F)c(NC(=O)Nc2ccc(Oc3ccnc4cc(C(=O)N=[SH](C)(C)O)sc34)cc2)c1. The van der Waals surface area contributed by atoms with Gasteiger partial charge in [0, 0.05) is 18.0 Å². The number of nitrogens with zero attached hydrogens (tertiary/aromatic N) is 2. The molecule has 0 aliphatic rings. The number of carbonyl (C=O) groups is 2. The van der Waals surface area contributed by atoms with Crippen LogP contribution in [0.15, 0.2) is 65.2 Å². The summed E-state index contributed by atoms with van der Waals surface area (Å²) in [5.41, 5.74) is 1.99. The number of carbonyl (C=O) groups excluding carboxylic acids is 2. The van der Waals surface area contributed by atoms with Crippen LogP contribution in [-0.4, -0.2) is 34.0 Å². The van der Waals surface area contributed by atoms with Gasteiger partial charge in [0.1, 0.15) is 17.3 Å². The monoisotopic (exact) mass is 514 g/mol. The van der Waals surface area contributed by atoms with Crippen LogP contribution in [0.5, 0.6) is 11.5 Å². The largest absolute Gasteiger partial charge is 0.456 e. The lowest BCUT2D eigenvalue weighted by Crippen LogP contribution is -2.20. The standard InChI is InChI=1S/C24H23FN4O4S2/c1-14-4-9-17(25)18(12-14)28-24(31)27-15-5-7-16(8-6-15)33-20-10-11-26-19-13-21(34-22(19)20)23(30)29-35(2,3)32/h4-13,35H,1-3H3,(H2,27,28,31)(H,29,30,32). The maximum absolute atomic E-state index is 13.9. The van der Waals surface area contributed by atoms with Crippen molar-refractivity contribution in [3.8, 4) is 11.5 Å². The van der Waals surface area contributed by atoms with E-state index in [-0.39, 0.29) is 5.69 Å². The van der Waals surface area contributed by atoms with Crippen molar-refractivity contribution in [2.24, 2.45) is 4.36 Å². The highest BCUT2D eigenvalue weighted by Crippen LogP contribution is 2.35. The third kappa shape index (κ3) is 6.27. The smallest absolute Gasteiger partial charge is 0.323 e. The summed E-state index contributed by atoms with van der Waals surface area (Å²) < 4.78 is 34.3. The number of benzene rings is 2. The number of ether oxygens (including phenoxy) is 1. The van der Waals surface area contributed by atoms with Crippen LogP contribution >= 0.6 is 11.3 Å². The third-order valence-electron chi connectivity index (χ3n) is 4.63. The van der Waals surface area contributed by atoms with Crippen LogP contribution in [0.25, 0.3) is 10.2 Å². The van der Waals surface area contributed by atoms with Crippen LogP contribution in [0.1, 0.15) is 15.2 Å². The van der Waals surface area contributed by atoms with Gasteiger partial charge in [0.15, 0.2) is 0 Å². The van der Waals surface area contributed by atoms with E-state index in [9.17, 15) is 18.5 Å². The molecule has 0 saturated heterocycles. The first-order valence-corrected chi connectivity index (χ1v) is 13.8. The van der Waals surface area contributed by atoms with Crippen molar-refractivity contribution < 1.29 is 23.3 Å². The van der Waals surface area contributed by atoms with Crippen LogP contribution in [0.4, 0.5) is 20.6 Å². The van der Waals surface area contributed by atoms with Crippen LogP contribution in [-0.2, 0) is 10.1 Å². The van der Waals surface area contributed by atoms with Gasteiger partial charge in [0.25, 0.3) is 5.91 Å². The number of rotatable bonds is 5. The molecule has 0 fully saturated rings. The number of hydrogen-bond acceptors (Lipinski definition) is 5. The molecule has 0 unspecified atom stereocenters. The Kier molecular flexibility index (Phi) is 6.92. The van der Waals surface area contributed by atoms with E-state index in [0.717, 1.165) is 5.56 Å². The lowest BCUT2D eigenvalue weighted by molar-refractivity contribution is 0.101. The van der Waals surface area contributed by atoms with Crippen LogP contribution in [0, 0.1) is 12.7 Å². The number of nitrogens with one attached hydrogen (secondary N) is 2. The number of hydrogen-bond donors (Lipinski definition) is 4. The first-order chi connectivity index (χ1) is 16.6. The molecule has 3 amide bonds. The Morgan fingerprint density at radius 3 is 2.54 bits per heavy atom. The Balaban J connectivity index is 1.46. The number of aryl methyl sites for hydroxylation is 1. The quantitative estimate of drug-likeness (QED) is 0.240. The van der Waals surface area contributed by atoms with Crippen molar-refractivity contribution in [1.29, 1.82) is 0 Å². The van der Waals surface area contributed by atoms with Crippen molar-refractivity contribution in [1.82, 2.24) is 4.98 Å². The first kappa shape index (κ1) is 24.5. The average molecular weight is 515 g/mol. The zero-order valence-corrected chi connectivity index (χ0v) is 20.8. The molecular formula is C24H23FN4O4S2. The molecule has 3 N–H and O–H groups in total. The highest BCUT2D eigenvalue weighted by Gasteiger charge is 2.15. The maximum Gasteiger partial charge on any atom is 0.323 e. The van der Waals surface area contributed by atoms with Crippen LogP contribution < -0.4 is 15.4 Å². The van der Waals surface area contributed by atoms with Crippen LogP contribution in [0.2, 0.25) is 0 Å².